The third-order valence-electron chi connectivity index (χ3n) is 3.95. The van der Waals surface area contributed by atoms with Crippen LogP contribution in [0.4, 0.5) is 0 Å². The Bertz CT molecular complexity index is 793. The van der Waals surface area contributed by atoms with Crippen molar-refractivity contribution in [1.82, 2.24) is 19.5 Å². The van der Waals surface area contributed by atoms with Crippen molar-refractivity contribution in [3.63, 3.8) is 0 Å². The highest BCUT2D eigenvalue weighted by molar-refractivity contribution is 7.89. The van der Waals surface area contributed by atoms with Crippen molar-refractivity contribution in [2.75, 3.05) is 19.8 Å². The van der Waals surface area contributed by atoms with Gasteiger partial charge in [0.25, 0.3) is 0 Å². The second-order valence-electron chi connectivity index (χ2n) is 5.87. The summed E-state index contributed by atoms with van der Waals surface area (Å²) in [5, 5.41) is 4.48. The van der Waals surface area contributed by atoms with Crippen molar-refractivity contribution < 1.29 is 13.2 Å². The fourth-order valence-electron chi connectivity index (χ4n) is 2.70. The smallest absolute Gasteiger partial charge is 0.240 e. The zero-order chi connectivity index (χ0) is 17.2. The van der Waals surface area contributed by atoms with Gasteiger partial charge in [0.2, 0.25) is 10.0 Å². The number of hydrogen-bond donors (Lipinski definition) is 1. The first-order valence-corrected chi connectivity index (χ1v) is 9.60. The highest BCUT2D eigenvalue weighted by atomic mass is 32.2. The van der Waals surface area contributed by atoms with E-state index < -0.39 is 10.0 Å². The van der Waals surface area contributed by atoms with Gasteiger partial charge in [-0.05, 0) is 44.0 Å². The van der Waals surface area contributed by atoms with E-state index in [9.17, 15) is 8.42 Å². The maximum atomic E-state index is 12.2. The van der Waals surface area contributed by atoms with Gasteiger partial charge in [-0.15, -0.1) is 0 Å². The average molecular weight is 350 g/mol. The Morgan fingerprint density at radius 1 is 1.33 bits per heavy atom. The highest BCUT2D eigenvalue weighted by Crippen LogP contribution is 2.26. The largest absolute Gasteiger partial charge is 0.379 e. The van der Waals surface area contributed by atoms with Gasteiger partial charge in [-0.25, -0.2) is 22.8 Å². The molecule has 1 fully saturated rings. The van der Waals surface area contributed by atoms with Crippen molar-refractivity contribution in [2.24, 2.45) is 0 Å². The topological polar surface area (TPSA) is 86.1 Å². The summed E-state index contributed by atoms with van der Waals surface area (Å²) >= 11 is 0. The SMILES string of the molecule is CCCNS(=O)(=O)c1ccc(-c2nc(C)nn2C2CCOC2)cc1. The lowest BCUT2D eigenvalue weighted by molar-refractivity contribution is 0.184. The molecule has 7 nitrogen and oxygen atoms in total. The second kappa shape index (κ2) is 7.00. The molecular weight excluding hydrogens is 328 g/mol. The molecule has 2 aromatic rings. The first-order chi connectivity index (χ1) is 11.5. The third kappa shape index (κ3) is 3.50. The molecule has 1 N–H and O–H groups in total. The molecule has 24 heavy (non-hydrogen) atoms. The average Bonchev–Trinajstić information content (AvgIpc) is 3.22. The molecule has 1 aromatic heterocycles. The molecule has 0 aliphatic carbocycles. The monoisotopic (exact) mass is 350 g/mol. The van der Waals surface area contributed by atoms with Gasteiger partial charge >= 0.3 is 0 Å². The van der Waals surface area contributed by atoms with Gasteiger partial charge in [-0.3, -0.25) is 0 Å². The zero-order valence-corrected chi connectivity index (χ0v) is 14.7. The van der Waals surface area contributed by atoms with Crippen LogP contribution in [0.1, 0.15) is 31.6 Å². The lowest BCUT2D eigenvalue weighted by atomic mass is 10.2. The Morgan fingerprint density at radius 3 is 2.71 bits per heavy atom. The number of nitrogens with zero attached hydrogens (tertiary/aromatic N) is 3. The van der Waals surface area contributed by atoms with Crippen LogP contribution in [0.3, 0.4) is 0 Å². The van der Waals surface area contributed by atoms with Crippen LogP contribution < -0.4 is 4.72 Å². The Morgan fingerprint density at radius 2 is 2.08 bits per heavy atom. The quantitative estimate of drug-likeness (QED) is 0.860. The molecule has 1 aromatic carbocycles. The third-order valence-corrected chi connectivity index (χ3v) is 5.43. The number of hydrogen-bond acceptors (Lipinski definition) is 5. The van der Waals surface area contributed by atoms with Crippen LogP contribution in [0.15, 0.2) is 29.2 Å². The Hall–Kier alpha value is -1.77. The minimum atomic E-state index is -3.45. The molecule has 0 amide bonds. The maximum absolute atomic E-state index is 12.2. The predicted molar refractivity (Wildman–Crippen MR) is 90.1 cm³/mol. The van der Waals surface area contributed by atoms with E-state index in [1.807, 2.05) is 18.5 Å². The summed E-state index contributed by atoms with van der Waals surface area (Å²) in [6, 6.07) is 6.93. The number of aryl methyl sites for hydroxylation is 1. The van der Waals surface area contributed by atoms with Crippen LogP contribution in [-0.2, 0) is 14.8 Å². The van der Waals surface area contributed by atoms with Gasteiger partial charge in [0.1, 0.15) is 5.82 Å². The lowest BCUT2D eigenvalue weighted by Gasteiger charge is -2.12. The van der Waals surface area contributed by atoms with Gasteiger partial charge in [0.05, 0.1) is 17.5 Å². The van der Waals surface area contributed by atoms with E-state index in [4.69, 9.17) is 4.74 Å². The first-order valence-electron chi connectivity index (χ1n) is 8.12. The van der Waals surface area contributed by atoms with Crippen LogP contribution in [0.25, 0.3) is 11.4 Å². The number of sulfonamides is 1. The van der Waals surface area contributed by atoms with Gasteiger partial charge in [0.15, 0.2) is 5.82 Å². The first kappa shape index (κ1) is 17.1. The summed E-state index contributed by atoms with van der Waals surface area (Å²) in [6.45, 7) is 5.56. The fourth-order valence-corrected chi connectivity index (χ4v) is 3.83. The van der Waals surface area contributed by atoms with Gasteiger partial charge in [-0.2, -0.15) is 5.10 Å². The number of benzene rings is 1. The Balaban J connectivity index is 1.89. The Kier molecular flexibility index (Phi) is 4.98. The van der Waals surface area contributed by atoms with Crippen molar-refractivity contribution in [2.45, 2.75) is 37.6 Å². The van der Waals surface area contributed by atoms with Crippen molar-refractivity contribution in [1.29, 1.82) is 0 Å². The van der Waals surface area contributed by atoms with Crippen LogP contribution in [-0.4, -0.2) is 42.9 Å². The fraction of sp³-hybridized carbons (Fsp3) is 0.500. The number of aromatic nitrogens is 3. The molecule has 3 rings (SSSR count). The molecule has 8 heteroatoms. The molecule has 0 spiro atoms. The number of rotatable bonds is 6. The molecule has 1 aliphatic heterocycles. The normalized spacial score (nSPS) is 18.2. The molecule has 0 bridgehead atoms. The van der Waals surface area contributed by atoms with E-state index in [0.29, 0.717) is 19.0 Å². The van der Waals surface area contributed by atoms with E-state index in [2.05, 4.69) is 14.8 Å². The van der Waals surface area contributed by atoms with Crippen molar-refractivity contribution >= 4 is 10.0 Å². The minimum absolute atomic E-state index is 0.177. The maximum Gasteiger partial charge on any atom is 0.240 e. The van der Waals surface area contributed by atoms with Crippen LogP contribution in [0.2, 0.25) is 0 Å². The van der Waals surface area contributed by atoms with Gasteiger partial charge < -0.3 is 4.74 Å². The molecule has 1 saturated heterocycles. The summed E-state index contributed by atoms with van der Waals surface area (Å²) < 4.78 is 34.2. The van der Waals surface area contributed by atoms with E-state index >= 15 is 0 Å². The van der Waals surface area contributed by atoms with E-state index in [1.54, 1.807) is 24.3 Å². The Labute approximate surface area is 142 Å². The zero-order valence-electron chi connectivity index (χ0n) is 13.9. The van der Waals surface area contributed by atoms with Crippen molar-refractivity contribution in [3.05, 3.63) is 30.1 Å². The highest BCUT2D eigenvalue weighted by Gasteiger charge is 2.23. The van der Waals surface area contributed by atoms with E-state index in [-0.39, 0.29) is 10.9 Å². The molecule has 1 atom stereocenters. The van der Waals surface area contributed by atoms with Crippen molar-refractivity contribution in [3.8, 4) is 11.4 Å². The van der Waals surface area contributed by atoms with Gasteiger partial charge in [-0.1, -0.05) is 6.92 Å². The van der Waals surface area contributed by atoms with Crippen LogP contribution in [0.5, 0.6) is 0 Å². The van der Waals surface area contributed by atoms with E-state index in [1.165, 1.54) is 0 Å². The molecular formula is C16H22N4O3S. The second-order valence-corrected chi connectivity index (χ2v) is 7.63. The van der Waals surface area contributed by atoms with E-state index in [0.717, 1.165) is 30.8 Å². The lowest BCUT2D eigenvalue weighted by Crippen LogP contribution is -2.24. The summed E-state index contributed by atoms with van der Waals surface area (Å²) in [6.07, 6.45) is 1.66. The summed E-state index contributed by atoms with van der Waals surface area (Å²) in [5.74, 6) is 1.44. The standard InChI is InChI=1S/C16H22N4O3S/c1-3-9-17-24(21,22)15-6-4-13(5-7-15)16-18-12(2)19-20(16)14-8-10-23-11-14/h4-7,14,17H,3,8-11H2,1-2H3. The predicted octanol–water partition coefficient (Wildman–Crippen LogP) is 1.90. The molecule has 1 aliphatic rings. The van der Waals surface area contributed by atoms with Crippen LogP contribution in [0, 0.1) is 6.92 Å². The summed E-state index contributed by atoms with van der Waals surface area (Å²) in [5.41, 5.74) is 0.844. The van der Waals surface area contributed by atoms with Gasteiger partial charge in [0, 0.05) is 18.7 Å². The van der Waals surface area contributed by atoms with Crippen LogP contribution >= 0.6 is 0 Å². The summed E-state index contributed by atoms with van der Waals surface area (Å²) in [4.78, 5) is 4.75. The molecule has 2 heterocycles. The molecule has 1 unspecified atom stereocenters. The molecule has 130 valence electrons. The minimum Gasteiger partial charge on any atom is -0.379 e. The molecule has 0 saturated carbocycles. The number of nitrogens with one attached hydrogen (secondary N) is 1. The molecule has 0 radical (unpaired) electrons. The summed E-state index contributed by atoms with van der Waals surface area (Å²) in [7, 11) is -3.45. The number of ether oxygens (including phenoxy) is 1.